The molecule has 1 fully saturated rings. The highest BCUT2D eigenvalue weighted by molar-refractivity contribution is 6.02. The number of hydrogen-bond acceptors (Lipinski definition) is 5. The van der Waals surface area contributed by atoms with Gasteiger partial charge in [0.25, 0.3) is 0 Å². The van der Waals surface area contributed by atoms with Gasteiger partial charge in [0.15, 0.2) is 5.88 Å². The average molecular weight is 414 g/mol. The lowest BCUT2D eigenvalue weighted by atomic mass is 10.2. The number of aromatic amines is 1. The normalized spacial score (nSPS) is 15.3. The number of nitrogens with zero attached hydrogens (tertiary/aromatic N) is 2. The highest BCUT2D eigenvalue weighted by atomic mass is 19.1. The van der Waals surface area contributed by atoms with Crippen LogP contribution in [-0.2, 0) is 4.74 Å². The van der Waals surface area contributed by atoms with Crippen molar-refractivity contribution in [3.8, 4) is 5.88 Å². The molecule has 8 heteroatoms. The molecule has 2 aromatic carbocycles. The van der Waals surface area contributed by atoms with E-state index in [1.165, 1.54) is 24.4 Å². The molecule has 4 rings (SSSR count). The SMILES string of the molecule is Oc1[nH]c2ccc(F)cc2c1C=Nc1ccc(NCCCN2CCOCC2)c(F)c1. The Bertz CT molecular complexity index is 1050. The van der Waals surface area contributed by atoms with Gasteiger partial charge < -0.3 is 20.1 Å². The first-order valence-electron chi connectivity index (χ1n) is 9.98. The van der Waals surface area contributed by atoms with Crippen LogP contribution in [0.1, 0.15) is 12.0 Å². The molecule has 0 bridgehead atoms. The fourth-order valence-electron chi connectivity index (χ4n) is 3.52. The second-order valence-electron chi connectivity index (χ2n) is 7.23. The van der Waals surface area contributed by atoms with Crippen LogP contribution in [0, 0.1) is 11.6 Å². The van der Waals surface area contributed by atoms with E-state index < -0.39 is 11.6 Å². The molecule has 0 spiro atoms. The number of morpholine rings is 1. The molecule has 0 amide bonds. The standard InChI is InChI=1S/C22H24F2N4O2/c23-15-2-4-20-17(12-15)18(22(29)27-20)14-26-16-3-5-21(19(24)13-16)25-6-1-7-28-8-10-30-11-9-28/h2-5,12-14,25,27,29H,1,6-11H2. The lowest BCUT2D eigenvalue weighted by Gasteiger charge is -2.26. The van der Waals surface area contributed by atoms with Crippen LogP contribution < -0.4 is 5.32 Å². The van der Waals surface area contributed by atoms with E-state index in [9.17, 15) is 13.9 Å². The van der Waals surface area contributed by atoms with E-state index in [-0.39, 0.29) is 5.88 Å². The van der Waals surface area contributed by atoms with Crippen LogP contribution in [0.2, 0.25) is 0 Å². The number of ether oxygens (including phenoxy) is 1. The fourth-order valence-corrected chi connectivity index (χ4v) is 3.52. The Morgan fingerprint density at radius 3 is 2.80 bits per heavy atom. The second-order valence-corrected chi connectivity index (χ2v) is 7.23. The van der Waals surface area contributed by atoms with Crippen molar-refractivity contribution in [2.24, 2.45) is 4.99 Å². The molecular formula is C22H24F2N4O2. The predicted octanol–water partition coefficient (Wildman–Crippen LogP) is 4.04. The Morgan fingerprint density at radius 1 is 1.17 bits per heavy atom. The van der Waals surface area contributed by atoms with Gasteiger partial charge in [-0.2, -0.15) is 0 Å². The molecule has 3 aromatic rings. The number of nitrogens with one attached hydrogen (secondary N) is 2. The molecule has 6 nitrogen and oxygen atoms in total. The molecule has 1 aromatic heterocycles. The summed E-state index contributed by atoms with van der Waals surface area (Å²) in [4.78, 5) is 9.34. The fraction of sp³-hybridized carbons (Fsp3) is 0.318. The summed E-state index contributed by atoms with van der Waals surface area (Å²) in [5.41, 5.74) is 1.78. The molecule has 3 N–H and O–H groups in total. The summed E-state index contributed by atoms with van der Waals surface area (Å²) in [7, 11) is 0. The minimum Gasteiger partial charge on any atom is -0.494 e. The van der Waals surface area contributed by atoms with Gasteiger partial charge in [-0.25, -0.2) is 8.78 Å². The monoisotopic (exact) mass is 414 g/mol. The molecule has 2 heterocycles. The van der Waals surface area contributed by atoms with E-state index in [1.807, 2.05) is 0 Å². The minimum absolute atomic E-state index is 0.113. The van der Waals surface area contributed by atoms with Gasteiger partial charge in [0, 0.05) is 42.8 Å². The van der Waals surface area contributed by atoms with Gasteiger partial charge >= 0.3 is 0 Å². The van der Waals surface area contributed by atoms with Crippen molar-refractivity contribution in [2.75, 3.05) is 44.7 Å². The van der Waals surface area contributed by atoms with Gasteiger partial charge in [0.1, 0.15) is 11.6 Å². The lowest BCUT2D eigenvalue weighted by molar-refractivity contribution is 0.0378. The Morgan fingerprint density at radius 2 is 2.00 bits per heavy atom. The van der Waals surface area contributed by atoms with Crippen molar-refractivity contribution in [3.63, 3.8) is 0 Å². The average Bonchev–Trinajstić information content (AvgIpc) is 3.06. The van der Waals surface area contributed by atoms with Crippen LogP contribution in [0.25, 0.3) is 10.9 Å². The maximum atomic E-state index is 14.4. The van der Waals surface area contributed by atoms with Crippen molar-refractivity contribution in [3.05, 3.63) is 53.6 Å². The number of hydrogen-bond donors (Lipinski definition) is 3. The molecule has 1 aliphatic rings. The smallest absolute Gasteiger partial charge is 0.198 e. The second kappa shape index (κ2) is 9.23. The first kappa shape index (κ1) is 20.3. The van der Waals surface area contributed by atoms with E-state index in [0.717, 1.165) is 39.3 Å². The molecule has 30 heavy (non-hydrogen) atoms. The van der Waals surface area contributed by atoms with Crippen LogP contribution in [0.4, 0.5) is 20.2 Å². The minimum atomic E-state index is -0.411. The molecule has 1 aliphatic heterocycles. The topological polar surface area (TPSA) is 72.9 Å². The van der Waals surface area contributed by atoms with E-state index in [4.69, 9.17) is 4.74 Å². The van der Waals surface area contributed by atoms with Gasteiger partial charge in [-0.15, -0.1) is 0 Å². The molecule has 0 aliphatic carbocycles. The number of anilines is 1. The van der Waals surface area contributed by atoms with Crippen LogP contribution >= 0.6 is 0 Å². The molecule has 0 saturated carbocycles. The quantitative estimate of drug-likeness (QED) is 0.403. The maximum Gasteiger partial charge on any atom is 0.198 e. The number of fused-ring (bicyclic) bond motifs is 1. The molecule has 0 radical (unpaired) electrons. The molecule has 0 unspecified atom stereocenters. The summed E-state index contributed by atoms with van der Waals surface area (Å²) in [6, 6.07) is 8.83. The van der Waals surface area contributed by atoms with Gasteiger partial charge in [-0.05, 0) is 43.3 Å². The van der Waals surface area contributed by atoms with E-state index >= 15 is 0 Å². The van der Waals surface area contributed by atoms with E-state index in [0.29, 0.717) is 34.4 Å². The van der Waals surface area contributed by atoms with E-state index in [2.05, 4.69) is 20.2 Å². The van der Waals surface area contributed by atoms with Crippen molar-refractivity contribution >= 4 is 28.5 Å². The molecular weight excluding hydrogens is 390 g/mol. The summed E-state index contributed by atoms with van der Waals surface area (Å²) in [6.07, 6.45) is 2.31. The van der Waals surface area contributed by atoms with Gasteiger partial charge in [-0.3, -0.25) is 9.89 Å². The Labute approximate surface area is 173 Å². The maximum absolute atomic E-state index is 14.4. The van der Waals surface area contributed by atoms with Gasteiger partial charge in [-0.1, -0.05) is 0 Å². The lowest BCUT2D eigenvalue weighted by Crippen LogP contribution is -2.37. The highest BCUT2D eigenvalue weighted by Crippen LogP contribution is 2.27. The van der Waals surface area contributed by atoms with Crippen LogP contribution in [0.3, 0.4) is 0 Å². The zero-order valence-corrected chi connectivity index (χ0v) is 16.5. The number of rotatable bonds is 7. The summed E-state index contributed by atoms with van der Waals surface area (Å²) < 4.78 is 33.3. The summed E-state index contributed by atoms with van der Waals surface area (Å²) in [5.74, 6) is -0.921. The zero-order valence-electron chi connectivity index (χ0n) is 16.5. The first-order chi connectivity index (χ1) is 14.6. The molecule has 1 saturated heterocycles. The number of benzene rings is 2. The summed E-state index contributed by atoms with van der Waals surface area (Å²) in [5, 5.41) is 13.7. The van der Waals surface area contributed by atoms with Crippen molar-refractivity contribution in [1.29, 1.82) is 0 Å². The zero-order chi connectivity index (χ0) is 20.9. The largest absolute Gasteiger partial charge is 0.494 e. The third kappa shape index (κ3) is 4.77. The summed E-state index contributed by atoms with van der Waals surface area (Å²) in [6.45, 7) is 5.06. The van der Waals surface area contributed by atoms with Gasteiger partial charge in [0.2, 0.25) is 0 Å². The van der Waals surface area contributed by atoms with Crippen LogP contribution in [0.15, 0.2) is 41.4 Å². The molecule has 0 atom stereocenters. The van der Waals surface area contributed by atoms with E-state index in [1.54, 1.807) is 18.2 Å². The summed E-state index contributed by atoms with van der Waals surface area (Å²) >= 11 is 0. The number of aromatic hydroxyl groups is 1. The van der Waals surface area contributed by atoms with Crippen molar-refractivity contribution in [2.45, 2.75) is 6.42 Å². The molecule has 158 valence electrons. The Kier molecular flexibility index (Phi) is 6.25. The number of H-pyrrole nitrogens is 1. The first-order valence-corrected chi connectivity index (χ1v) is 9.98. The predicted molar refractivity (Wildman–Crippen MR) is 114 cm³/mol. The Hall–Kier alpha value is -2.97. The van der Waals surface area contributed by atoms with Crippen molar-refractivity contribution in [1.82, 2.24) is 9.88 Å². The van der Waals surface area contributed by atoms with Gasteiger partial charge in [0.05, 0.1) is 30.2 Å². The third-order valence-corrected chi connectivity index (χ3v) is 5.15. The van der Waals surface area contributed by atoms with Crippen molar-refractivity contribution < 1.29 is 18.6 Å². The third-order valence-electron chi connectivity index (χ3n) is 5.15. The van der Waals surface area contributed by atoms with Crippen LogP contribution in [0.5, 0.6) is 5.88 Å². The van der Waals surface area contributed by atoms with Crippen LogP contribution in [-0.4, -0.2) is 60.6 Å². The number of halogens is 2. The highest BCUT2D eigenvalue weighted by Gasteiger charge is 2.11. The Balaban J connectivity index is 1.37. The number of aromatic nitrogens is 1. The number of aliphatic imine (C=N–C) groups is 1.